The van der Waals surface area contributed by atoms with Gasteiger partial charge in [0, 0.05) is 25.8 Å². The van der Waals surface area contributed by atoms with E-state index in [0.717, 1.165) is 31.7 Å². The maximum atomic E-state index is 12.8. The lowest BCUT2D eigenvalue weighted by Crippen LogP contribution is -2.39. The molecule has 0 unspecified atom stereocenters. The topological polar surface area (TPSA) is 112 Å². The first-order chi connectivity index (χ1) is 16.2. The normalized spacial score (nSPS) is 14.1. The number of fused-ring (bicyclic) bond motifs is 1. The van der Waals surface area contributed by atoms with Gasteiger partial charge in [-0.2, -0.15) is 0 Å². The second-order valence-electron chi connectivity index (χ2n) is 7.92. The molecule has 33 heavy (non-hydrogen) atoms. The van der Waals surface area contributed by atoms with E-state index in [-0.39, 0.29) is 11.8 Å². The molecule has 0 bridgehead atoms. The Morgan fingerprint density at radius 3 is 2.76 bits per heavy atom. The van der Waals surface area contributed by atoms with Gasteiger partial charge in [0.1, 0.15) is 30.1 Å². The van der Waals surface area contributed by atoms with Crippen molar-refractivity contribution in [1.82, 2.24) is 25.2 Å². The summed E-state index contributed by atoms with van der Waals surface area (Å²) in [7, 11) is 0. The lowest BCUT2D eigenvalue weighted by molar-refractivity contribution is -0.127. The number of anilines is 1. The molecule has 1 aliphatic rings. The molecule has 9 nitrogen and oxygen atoms in total. The number of aromatic amines is 1. The number of carbonyl (C=O) groups excluding carboxylic acids is 2. The Kier molecular flexibility index (Phi) is 7.19. The van der Waals surface area contributed by atoms with Gasteiger partial charge in [0.15, 0.2) is 0 Å². The van der Waals surface area contributed by atoms with Crippen molar-refractivity contribution in [2.75, 3.05) is 38.1 Å². The van der Waals surface area contributed by atoms with Crippen LogP contribution in [0.15, 0.2) is 55.5 Å². The van der Waals surface area contributed by atoms with E-state index in [2.05, 4.69) is 32.2 Å². The number of hydrogen-bond donors (Lipinski definition) is 3. The van der Waals surface area contributed by atoms with Crippen LogP contribution in [0.3, 0.4) is 0 Å². The molecule has 3 heterocycles. The molecule has 1 saturated heterocycles. The summed E-state index contributed by atoms with van der Waals surface area (Å²) in [6.07, 6.45) is 6.30. The van der Waals surface area contributed by atoms with Crippen LogP contribution >= 0.6 is 0 Å². The number of nitrogens with zero attached hydrogens (tertiary/aromatic N) is 3. The summed E-state index contributed by atoms with van der Waals surface area (Å²) >= 11 is 0. The number of hydrogen-bond acceptors (Lipinski definition) is 6. The summed E-state index contributed by atoms with van der Waals surface area (Å²) in [5.41, 5.74) is 1.09. The number of rotatable bonds is 9. The first kappa shape index (κ1) is 22.3. The Labute approximate surface area is 192 Å². The van der Waals surface area contributed by atoms with Crippen LogP contribution in [0, 0.1) is 5.92 Å². The Morgan fingerprint density at radius 1 is 1.21 bits per heavy atom. The van der Waals surface area contributed by atoms with Crippen molar-refractivity contribution in [2.45, 2.75) is 12.8 Å². The van der Waals surface area contributed by atoms with Gasteiger partial charge in [0.2, 0.25) is 5.91 Å². The molecule has 0 atom stereocenters. The van der Waals surface area contributed by atoms with Crippen molar-refractivity contribution in [3.8, 4) is 5.75 Å². The number of nitrogens with one attached hydrogen (secondary N) is 3. The zero-order chi connectivity index (χ0) is 23.0. The van der Waals surface area contributed by atoms with E-state index >= 15 is 0 Å². The van der Waals surface area contributed by atoms with Crippen molar-refractivity contribution < 1.29 is 14.3 Å². The van der Waals surface area contributed by atoms with Crippen molar-refractivity contribution in [2.24, 2.45) is 5.92 Å². The molecule has 0 aliphatic carbocycles. The van der Waals surface area contributed by atoms with Crippen LogP contribution in [-0.2, 0) is 4.79 Å². The van der Waals surface area contributed by atoms with Crippen LogP contribution in [0.2, 0.25) is 0 Å². The molecule has 9 heteroatoms. The first-order valence-electron chi connectivity index (χ1n) is 11.1. The molecular formula is C24H28N6O3. The number of ether oxygens (including phenoxy) is 1. The van der Waals surface area contributed by atoms with Crippen LogP contribution in [-0.4, -0.2) is 64.5 Å². The van der Waals surface area contributed by atoms with Gasteiger partial charge in [0.25, 0.3) is 5.91 Å². The third kappa shape index (κ3) is 5.49. The summed E-state index contributed by atoms with van der Waals surface area (Å²) in [5.74, 6) is 1.56. The van der Waals surface area contributed by atoms with E-state index < -0.39 is 0 Å². The molecule has 0 spiro atoms. The molecule has 1 fully saturated rings. The second kappa shape index (κ2) is 10.6. The van der Waals surface area contributed by atoms with E-state index in [9.17, 15) is 9.59 Å². The molecular weight excluding hydrogens is 420 g/mol. The smallest absolute Gasteiger partial charge is 0.253 e. The number of likely N-dealkylation sites (tertiary alicyclic amines) is 1. The maximum Gasteiger partial charge on any atom is 0.253 e. The van der Waals surface area contributed by atoms with Gasteiger partial charge >= 0.3 is 0 Å². The molecule has 172 valence electrons. The zero-order valence-electron chi connectivity index (χ0n) is 18.4. The highest BCUT2D eigenvalue weighted by molar-refractivity contribution is 6.09. The fourth-order valence-electron chi connectivity index (χ4n) is 3.95. The van der Waals surface area contributed by atoms with Crippen LogP contribution < -0.4 is 15.4 Å². The van der Waals surface area contributed by atoms with Gasteiger partial charge in [-0.1, -0.05) is 24.8 Å². The highest BCUT2D eigenvalue weighted by atomic mass is 16.5. The third-order valence-corrected chi connectivity index (χ3v) is 5.77. The molecule has 4 rings (SSSR count). The molecule has 1 aromatic carbocycles. The summed E-state index contributed by atoms with van der Waals surface area (Å²) in [5, 5.41) is 6.94. The minimum Gasteiger partial charge on any atom is -0.492 e. The largest absolute Gasteiger partial charge is 0.492 e. The van der Waals surface area contributed by atoms with Crippen molar-refractivity contribution in [1.29, 1.82) is 0 Å². The van der Waals surface area contributed by atoms with Crippen molar-refractivity contribution in [3.63, 3.8) is 0 Å². The fourth-order valence-corrected chi connectivity index (χ4v) is 3.95. The predicted octanol–water partition coefficient (Wildman–Crippen LogP) is 2.60. The maximum absolute atomic E-state index is 12.8. The predicted molar refractivity (Wildman–Crippen MR) is 126 cm³/mol. The summed E-state index contributed by atoms with van der Waals surface area (Å²) in [6.45, 7) is 6.45. The summed E-state index contributed by atoms with van der Waals surface area (Å²) in [4.78, 5) is 38.1. The molecule has 3 N–H and O–H groups in total. The number of piperidine rings is 1. The molecule has 1 aliphatic heterocycles. The second-order valence-corrected chi connectivity index (χ2v) is 7.92. The summed E-state index contributed by atoms with van der Waals surface area (Å²) in [6, 6.07) is 9.47. The van der Waals surface area contributed by atoms with Gasteiger partial charge < -0.3 is 25.3 Å². The van der Waals surface area contributed by atoms with E-state index in [4.69, 9.17) is 4.74 Å². The molecule has 2 aromatic heterocycles. The highest BCUT2D eigenvalue weighted by Gasteiger charge is 2.22. The van der Waals surface area contributed by atoms with Gasteiger partial charge in [-0.15, -0.1) is 0 Å². The van der Waals surface area contributed by atoms with Crippen LogP contribution in [0.4, 0.5) is 5.82 Å². The molecule has 2 amide bonds. The van der Waals surface area contributed by atoms with Gasteiger partial charge in [-0.05, 0) is 37.0 Å². The monoisotopic (exact) mass is 448 g/mol. The Bertz CT molecular complexity index is 1110. The van der Waals surface area contributed by atoms with Gasteiger partial charge in [0.05, 0.1) is 17.5 Å². The minimum absolute atomic E-state index is 0.0175. The van der Waals surface area contributed by atoms with Crippen LogP contribution in [0.1, 0.15) is 23.2 Å². The minimum atomic E-state index is -0.216. The number of para-hydroxylation sites is 1. The number of H-pyrrole nitrogens is 1. The third-order valence-electron chi connectivity index (χ3n) is 5.77. The van der Waals surface area contributed by atoms with Gasteiger partial charge in [-0.25, -0.2) is 9.97 Å². The Morgan fingerprint density at radius 2 is 2.00 bits per heavy atom. The van der Waals surface area contributed by atoms with Gasteiger partial charge in [-0.3, -0.25) is 9.59 Å². The van der Waals surface area contributed by atoms with E-state index in [0.29, 0.717) is 48.0 Å². The molecule has 0 radical (unpaired) electrons. The fraction of sp³-hybridized carbons (Fsp3) is 0.333. The lowest BCUT2D eigenvalue weighted by Gasteiger charge is -2.31. The van der Waals surface area contributed by atoms with Crippen LogP contribution in [0.5, 0.6) is 5.75 Å². The van der Waals surface area contributed by atoms with E-state index in [1.807, 2.05) is 35.2 Å². The molecule has 3 aromatic rings. The number of carbonyl (C=O) groups is 2. The standard InChI is InChI=1S/C24H28N6O3/c1-2-20(31)30-11-8-17(9-12-30)14-26-22-21-19(15-27-23(21)29-16-28-22)24(32)25-10-13-33-18-6-4-3-5-7-18/h2-7,15-17H,1,8-14H2,(H,25,32)(H2,26,27,28,29). The molecule has 0 saturated carbocycles. The van der Waals surface area contributed by atoms with E-state index in [1.165, 1.54) is 12.4 Å². The van der Waals surface area contributed by atoms with E-state index in [1.54, 1.807) is 6.20 Å². The Hall–Kier alpha value is -3.88. The number of aromatic nitrogens is 3. The number of amides is 2. The van der Waals surface area contributed by atoms with Crippen LogP contribution in [0.25, 0.3) is 11.0 Å². The number of benzene rings is 1. The Balaban J connectivity index is 1.34. The van der Waals surface area contributed by atoms with Crippen molar-refractivity contribution in [3.05, 3.63) is 61.1 Å². The first-order valence-corrected chi connectivity index (χ1v) is 11.1. The highest BCUT2D eigenvalue weighted by Crippen LogP contribution is 2.25. The quantitative estimate of drug-likeness (QED) is 0.343. The van der Waals surface area contributed by atoms with Crippen molar-refractivity contribution >= 4 is 28.7 Å². The zero-order valence-corrected chi connectivity index (χ0v) is 18.4. The lowest BCUT2D eigenvalue weighted by atomic mass is 9.96. The SMILES string of the molecule is C=CC(=O)N1CCC(CNc2ncnc3[nH]cc(C(=O)NCCOc4ccccc4)c23)CC1. The average molecular weight is 449 g/mol. The summed E-state index contributed by atoms with van der Waals surface area (Å²) < 4.78 is 5.63. The average Bonchev–Trinajstić information content (AvgIpc) is 3.31.